The van der Waals surface area contributed by atoms with Gasteiger partial charge in [0.05, 0.1) is 10.2 Å². The molecule has 0 aliphatic heterocycles. The molecule has 1 aromatic carbocycles. The Bertz CT molecular complexity index is 646. The average Bonchev–Trinajstić information content (AvgIpc) is 2.73. The molecule has 0 radical (unpaired) electrons. The molecular formula is C12H8N2OS. The van der Waals surface area contributed by atoms with Crippen LogP contribution < -0.4 is 5.56 Å². The van der Waals surface area contributed by atoms with Crippen molar-refractivity contribution in [3.05, 3.63) is 52.9 Å². The van der Waals surface area contributed by atoms with Crippen molar-refractivity contribution >= 4 is 21.6 Å². The molecule has 3 nitrogen and oxygen atoms in total. The van der Waals surface area contributed by atoms with Gasteiger partial charge in [-0.1, -0.05) is 12.1 Å². The molecule has 1 N–H and O–H groups in total. The van der Waals surface area contributed by atoms with Gasteiger partial charge in [0.15, 0.2) is 0 Å². The van der Waals surface area contributed by atoms with Gasteiger partial charge in [0.1, 0.15) is 5.01 Å². The summed E-state index contributed by atoms with van der Waals surface area (Å²) in [4.78, 5) is 18.1. The van der Waals surface area contributed by atoms with Gasteiger partial charge < -0.3 is 4.98 Å². The van der Waals surface area contributed by atoms with Crippen LogP contribution in [-0.2, 0) is 0 Å². The molecule has 0 fully saturated rings. The van der Waals surface area contributed by atoms with Crippen LogP contribution in [0.3, 0.4) is 0 Å². The molecule has 0 bridgehead atoms. The Labute approximate surface area is 95.4 Å². The highest BCUT2D eigenvalue weighted by atomic mass is 32.1. The van der Waals surface area contributed by atoms with Crippen molar-refractivity contribution in [2.24, 2.45) is 0 Å². The third kappa shape index (κ3) is 1.53. The molecule has 0 saturated heterocycles. The van der Waals surface area contributed by atoms with Crippen LogP contribution in [0.4, 0.5) is 0 Å². The highest BCUT2D eigenvalue weighted by Gasteiger charge is 2.04. The monoisotopic (exact) mass is 228 g/mol. The fourth-order valence-corrected chi connectivity index (χ4v) is 2.50. The molecule has 3 rings (SSSR count). The Morgan fingerprint density at radius 3 is 2.75 bits per heavy atom. The van der Waals surface area contributed by atoms with Gasteiger partial charge >= 0.3 is 0 Å². The zero-order valence-corrected chi connectivity index (χ0v) is 9.12. The normalized spacial score (nSPS) is 10.8. The molecule has 0 atom stereocenters. The fourth-order valence-electron chi connectivity index (χ4n) is 1.54. The zero-order valence-electron chi connectivity index (χ0n) is 8.31. The summed E-state index contributed by atoms with van der Waals surface area (Å²) in [5.41, 5.74) is 1.85. The lowest BCUT2D eigenvalue weighted by Crippen LogP contribution is -2.01. The maximum Gasteiger partial charge on any atom is 0.247 e. The topological polar surface area (TPSA) is 45.8 Å². The van der Waals surface area contributed by atoms with Crippen molar-refractivity contribution in [1.29, 1.82) is 0 Å². The Hall–Kier alpha value is -1.94. The SMILES string of the molecule is O=c1ccc(-c2nc3ccccc3s2)c[nH]1. The van der Waals surface area contributed by atoms with E-state index >= 15 is 0 Å². The van der Waals surface area contributed by atoms with Crippen molar-refractivity contribution in [1.82, 2.24) is 9.97 Å². The second-order valence-corrected chi connectivity index (χ2v) is 4.46. The molecule has 0 spiro atoms. The van der Waals surface area contributed by atoms with Crippen molar-refractivity contribution in [3.8, 4) is 10.6 Å². The first-order valence-electron chi connectivity index (χ1n) is 4.87. The fraction of sp³-hybridized carbons (Fsp3) is 0. The van der Waals surface area contributed by atoms with Gasteiger partial charge in [-0.15, -0.1) is 11.3 Å². The number of aromatic nitrogens is 2. The smallest absolute Gasteiger partial charge is 0.247 e. The number of nitrogens with one attached hydrogen (secondary N) is 1. The summed E-state index contributed by atoms with van der Waals surface area (Å²) in [6.45, 7) is 0. The number of thiazole rings is 1. The minimum atomic E-state index is -0.0927. The number of hydrogen-bond donors (Lipinski definition) is 1. The van der Waals surface area contributed by atoms with Crippen molar-refractivity contribution < 1.29 is 0 Å². The summed E-state index contributed by atoms with van der Waals surface area (Å²) >= 11 is 1.62. The lowest BCUT2D eigenvalue weighted by Gasteiger charge is -1.92. The first kappa shape index (κ1) is 9.30. The Morgan fingerprint density at radius 1 is 1.12 bits per heavy atom. The van der Waals surface area contributed by atoms with Gasteiger partial charge in [-0.3, -0.25) is 4.79 Å². The van der Waals surface area contributed by atoms with Crippen LogP contribution >= 0.6 is 11.3 Å². The largest absolute Gasteiger partial charge is 0.328 e. The standard InChI is InChI=1S/C12H8N2OS/c15-11-6-5-8(7-13-11)12-14-9-3-1-2-4-10(9)16-12/h1-7H,(H,13,15). The number of H-pyrrole nitrogens is 1. The zero-order chi connectivity index (χ0) is 11.0. The minimum Gasteiger partial charge on any atom is -0.328 e. The first-order chi connectivity index (χ1) is 7.83. The molecule has 0 aliphatic carbocycles. The molecule has 78 valence electrons. The third-order valence-corrected chi connectivity index (χ3v) is 3.41. The quantitative estimate of drug-likeness (QED) is 0.696. The number of nitrogens with zero attached hydrogens (tertiary/aromatic N) is 1. The molecule has 0 amide bonds. The van der Waals surface area contributed by atoms with Crippen LogP contribution in [0.5, 0.6) is 0 Å². The Morgan fingerprint density at radius 2 is 2.00 bits per heavy atom. The van der Waals surface area contributed by atoms with E-state index in [1.54, 1.807) is 23.6 Å². The van der Waals surface area contributed by atoms with Crippen LogP contribution in [0.15, 0.2) is 47.4 Å². The Kier molecular flexibility index (Phi) is 2.08. The van der Waals surface area contributed by atoms with Crippen molar-refractivity contribution in [2.45, 2.75) is 0 Å². The molecule has 2 aromatic heterocycles. The number of rotatable bonds is 1. The number of benzene rings is 1. The van der Waals surface area contributed by atoms with Crippen LogP contribution in [0.1, 0.15) is 0 Å². The predicted octanol–water partition coefficient (Wildman–Crippen LogP) is 2.65. The van der Waals surface area contributed by atoms with Gasteiger partial charge in [0.2, 0.25) is 5.56 Å². The predicted molar refractivity (Wildman–Crippen MR) is 65.7 cm³/mol. The van der Waals surface area contributed by atoms with E-state index in [0.29, 0.717) is 0 Å². The van der Waals surface area contributed by atoms with Crippen LogP contribution in [0, 0.1) is 0 Å². The van der Waals surface area contributed by atoms with E-state index in [2.05, 4.69) is 9.97 Å². The second kappa shape index (κ2) is 3.57. The molecule has 16 heavy (non-hydrogen) atoms. The number of aromatic amines is 1. The van der Waals surface area contributed by atoms with Gasteiger partial charge in [-0.25, -0.2) is 4.98 Å². The van der Waals surface area contributed by atoms with Gasteiger partial charge in [-0.05, 0) is 18.2 Å². The van der Waals surface area contributed by atoms with E-state index in [1.165, 1.54) is 6.07 Å². The van der Waals surface area contributed by atoms with E-state index < -0.39 is 0 Å². The van der Waals surface area contributed by atoms with E-state index in [9.17, 15) is 4.79 Å². The second-order valence-electron chi connectivity index (χ2n) is 3.43. The number of pyridine rings is 1. The summed E-state index contributed by atoms with van der Waals surface area (Å²) in [5, 5.41) is 0.928. The van der Waals surface area contributed by atoms with E-state index in [1.807, 2.05) is 24.3 Å². The molecule has 0 unspecified atom stereocenters. The lowest BCUT2D eigenvalue weighted by molar-refractivity contribution is 1.24. The summed E-state index contributed by atoms with van der Waals surface area (Å²) in [6.07, 6.45) is 1.69. The minimum absolute atomic E-state index is 0.0927. The molecular weight excluding hydrogens is 220 g/mol. The van der Waals surface area contributed by atoms with E-state index in [-0.39, 0.29) is 5.56 Å². The van der Waals surface area contributed by atoms with E-state index in [0.717, 1.165) is 20.8 Å². The maximum absolute atomic E-state index is 11.0. The van der Waals surface area contributed by atoms with Crippen LogP contribution in [0.25, 0.3) is 20.8 Å². The van der Waals surface area contributed by atoms with Crippen LogP contribution in [0.2, 0.25) is 0 Å². The highest BCUT2D eigenvalue weighted by molar-refractivity contribution is 7.21. The van der Waals surface area contributed by atoms with Gasteiger partial charge in [0.25, 0.3) is 0 Å². The molecule has 4 heteroatoms. The Balaban J connectivity index is 2.19. The average molecular weight is 228 g/mol. The molecule has 3 aromatic rings. The van der Waals surface area contributed by atoms with Crippen molar-refractivity contribution in [3.63, 3.8) is 0 Å². The lowest BCUT2D eigenvalue weighted by atomic mass is 10.3. The number of fused-ring (bicyclic) bond motifs is 1. The summed E-state index contributed by atoms with van der Waals surface area (Å²) in [5.74, 6) is 0. The maximum atomic E-state index is 11.0. The summed E-state index contributed by atoms with van der Waals surface area (Å²) in [6, 6.07) is 11.3. The van der Waals surface area contributed by atoms with Crippen molar-refractivity contribution in [2.75, 3.05) is 0 Å². The van der Waals surface area contributed by atoms with E-state index in [4.69, 9.17) is 0 Å². The number of hydrogen-bond acceptors (Lipinski definition) is 3. The molecule has 2 heterocycles. The third-order valence-electron chi connectivity index (χ3n) is 2.33. The highest BCUT2D eigenvalue weighted by Crippen LogP contribution is 2.28. The van der Waals surface area contributed by atoms with Crippen LogP contribution in [-0.4, -0.2) is 9.97 Å². The molecule has 0 saturated carbocycles. The van der Waals surface area contributed by atoms with Gasteiger partial charge in [-0.2, -0.15) is 0 Å². The summed E-state index contributed by atoms with van der Waals surface area (Å²) in [7, 11) is 0. The molecule has 0 aliphatic rings. The number of para-hydroxylation sites is 1. The summed E-state index contributed by atoms with van der Waals surface area (Å²) < 4.78 is 1.16. The van der Waals surface area contributed by atoms with Gasteiger partial charge in [0, 0.05) is 17.8 Å². The first-order valence-corrected chi connectivity index (χ1v) is 5.69.